The number of hydrogen-bond acceptors (Lipinski definition) is 2. The van der Waals surface area contributed by atoms with Crippen molar-refractivity contribution in [2.75, 3.05) is 6.61 Å². The van der Waals surface area contributed by atoms with E-state index in [-0.39, 0.29) is 5.41 Å². The minimum Gasteiger partial charge on any atom is -0.478 e. The summed E-state index contributed by atoms with van der Waals surface area (Å²) in [5.74, 6) is -0.507. The van der Waals surface area contributed by atoms with Crippen molar-refractivity contribution in [1.29, 1.82) is 0 Å². The van der Waals surface area contributed by atoms with Gasteiger partial charge in [-0.25, -0.2) is 4.79 Å². The number of allylic oxidation sites excluding steroid dienone is 4. The number of benzene rings is 2. The number of aromatic carboxylic acids is 1. The molecule has 3 nitrogen and oxygen atoms in total. The minimum absolute atomic E-state index is 0.0464. The topological polar surface area (TPSA) is 46.5 Å². The van der Waals surface area contributed by atoms with Crippen LogP contribution < -0.4 is 0 Å². The Hall–Kier alpha value is -2.65. The van der Waals surface area contributed by atoms with Crippen molar-refractivity contribution in [3.8, 4) is 0 Å². The summed E-state index contributed by atoms with van der Waals surface area (Å²) in [6.45, 7) is 12.7. The number of ether oxygens (including phenoxy) is 1. The van der Waals surface area contributed by atoms with E-state index in [2.05, 4.69) is 65.0 Å². The second-order valence-electron chi connectivity index (χ2n) is 9.83. The van der Waals surface area contributed by atoms with Crippen LogP contribution in [0.4, 0.5) is 0 Å². The Morgan fingerprint density at radius 3 is 2.34 bits per heavy atom. The van der Waals surface area contributed by atoms with Gasteiger partial charge in [-0.1, -0.05) is 83.5 Å². The molecule has 0 saturated carbocycles. The van der Waals surface area contributed by atoms with Crippen LogP contribution in [0.5, 0.6) is 0 Å². The highest BCUT2D eigenvalue weighted by Crippen LogP contribution is 2.38. The molecule has 0 radical (unpaired) electrons. The lowest BCUT2D eigenvalue weighted by molar-refractivity contribution is 0.0697. The third-order valence-electron chi connectivity index (χ3n) is 6.17. The Morgan fingerprint density at radius 1 is 1.06 bits per heavy atom. The van der Waals surface area contributed by atoms with E-state index in [1.165, 1.54) is 27.8 Å². The van der Waals surface area contributed by atoms with E-state index in [1.54, 1.807) is 12.1 Å². The summed E-state index contributed by atoms with van der Waals surface area (Å²) in [7, 11) is 0. The van der Waals surface area contributed by atoms with Crippen LogP contribution in [-0.4, -0.2) is 17.7 Å². The third kappa shape index (κ3) is 5.77. The Balaban J connectivity index is 1.87. The molecule has 3 heteroatoms. The first-order valence-electron chi connectivity index (χ1n) is 11.7. The molecular weight excluding hydrogens is 396 g/mol. The molecule has 170 valence electrons. The second-order valence-corrected chi connectivity index (χ2v) is 9.83. The van der Waals surface area contributed by atoms with Crippen molar-refractivity contribution >= 4 is 17.1 Å². The molecule has 1 aliphatic rings. The zero-order valence-corrected chi connectivity index (χ0v) is 20.1. The highest BCUT2D eigenvalue weighted by atomic mass is 16.5. The molecule has 0 fully saturated rings. The first kappa shape index (κ1) is 24.0. The maximum atomic E-state index is 11.1. The monoisotopic (exact) mass is 432 g/mol. The molecule has 0 aliphatic heterocycles. The van der Waals surface area contributed by atoms with Crippen molar-refractivity contribution in [2.45, 2.75) is 65.9 Å². The van der Waals surface area contributed by atoms with Gasteiger partial charge in [-0.3, -0.25) is 0 Å². The first-order chi connectivity index (χ1) is 15.2. The molecule has 2 aromatic rings. The van der Waals surface area contributed by atoms with Crippen LogP contribution >= 0.6 is 0 Å². The lowest BCUT2D eigenvalue weighted by Crippen LogP contribution is -2.16. The van der Waals surface area contributed by atoms with E-state index in [9.17, 15) is 4.79 Å². The highest BCUT2D eigenvalue weighted by molar-refractivity contribution is 5.88. The first-order valence-corrected chi connectivity index (χ1v) is 11.7. The van der Waals surface area contributed by atoms with Gasteiger partial charge in [0.2, 0.25) is 0 Å². The SMILES string of the molecule is CCCCOCc1ccc(C2=CC=C(c3ccc(C(=O)O)cc3)CC2C)cc1C(C)(C)C. The predicted octanol–water partition coefficient (Wildman–Crippen LogP) is 7.51. The van der Waals surface area contributed by atoms with Crippen LogP contribution in [0.3, 0.4) is 0 Å². The number of carbonyl (C=O) groups is 1. The highest BCUT2D eigenvalue weighted by Gasteiger charge is 2.22. The fourth-order valence-electron chi connectivity index (χ4n) is 4.29. The average molecular weight is 433 g/mol. The maximum absolute atomic E-state index is 11.1. The van der Waals surface area contributed by atoms with Gasteiger partial charge in [0.05, 0.1) is 12.2 Å². The molecule has 0 saturated heterocycles. The fourth-order valence-corrected chi connectivity index (χ4v) is 4.29. The number of carboxylic acids is 1. The van der Waals surface area contributed by atoms with Gasteiger partial charge >= 0.3 is 5.97 Å². The van der Waals surface area contributed by atoms with Gasteiger partial charge in [-0.05, 0) is 69.7 Å². The smallest absolute Gasteiger partial charge is 0.335 e. The van der Waals surface area contributed by atoms with Gasteiger partial charge in [0.15, 0.2) is 0 Å². The third-order valence-corrected chi connectivity index (χ3v) is 6.17. The van der Waals surface area contributed by atoms with Crippen LogP contribution in [0, 0.1) is 5.92 Å². The quantitative estimate of drug-likeness (QED) is 0.439. The number of carboxylic acid groups (broad SMARTS) is 1. The summed E-state index contributed by atoms with van der Waals surface area (Å²) in [4.78, 5) is 11.1. The molecule has 1 atom stereocenters. The van der Waals surface area contributed by atoms with Crippen molar-refractivity contribution in [2.24, 2.45) is 5.92 Å². The molecule has 1 N–H and O–H groups in total. The number of unbranched alkanes of at least 4 members (excludes halogenated alkanes) is 1. The summed E-state index contributed by atoms with van der Waals surface area (Å²) >= 11 is 0. The molecule has 1 unspecified atom stereocenters. The molecule has 3 rings (SSSR count). The molecule has 1 aliphatic carbocycles. The summed E-state index contributed by atoms with van der Waals surface area (Å²) in [6.07, 6.45) is 7.60. The average Bonchev–Trinajstić information content (AvgIpc) is 2.76. The van der Waals surface area contributed by atoms with Crippen LogP contribution in [0.1, 0.15) is 86.5 Å². The standard InChI is InChI=1S/C29H36O3/c1-6-7-16-32-19-25-13-12-24(18-27(25)29(3,4)5)26-15-14-23(17-20(26)2)21-8-10-22(11-9-21)28(30)31/h8-15,18,20H,6-7,16-17,19H2,1-5H3,(H,30,31). The molecule has 32 heavy (non-hydrogen) atoms. The Bertz CT molecular complexity index is 1000. The van der Waals surface area contributed by atoms with E-state index in [1.807, 2.05) is 12.1 Å². The number of rotatable bonds is 8. The molecule has 0 bridgehead atoms. The second kappa shape index (κ2) is 10.3. The van der Waals surface area contributed by atoms with E-state index >= 15 is 0 Å². The van der Waals surface area contributed by atoms with E-state index in [4.69, 9.17) is 9.84 Å². The van der Waals surface area contributed by atoms with Crippen molar-refractivity contribution in [3.63, 3.8) is 0 Å². The van der Waals surface area contributed by atoms with Crippen molar-refractivity contribution in [1.82, 2.24) is 0 Å². The Morgan fingerprint density at radius 2 is 1.75 bits per heavy atom. The molecule has 2 aromatic carbocycles. The lowest BCUT2D eigenvalue weighted by Gasteiger charge is -2.27. The molecular formula is C29H36O3. The molecule has 0 heterocycles. The van der Waals surface area contributed by atoms with Crippen LogP contribution in [0.25, 0.3) is 11.1 Å². The zero-order valence-electron chi connectivity index (χ0n) is 20.1. The largest absolute Gasteiger partial charge is 0.478 e. The van der Waals surface area contributed by atoms with E-state index in [0.717, 1.165) is 31.4 Å². The van der Waals surface area contributed by atoms with Gasteiger partial charge in [0.1, 0.15) is 0 Å². The predicted molar refractivity (Wildman–Crippen MR) is 133 cm³/mol. The van der Waals surface area contributed by atoms with Crippen LogP contribution in [-0.2, 0) is 16.8 Å². The number of hydrogen-bond donors (Lipinski definition) is 1. The van der Waals surface area contributed by atoms with Gasteiger partial charge in [-0.15, -0.1) is 0 Å². The minimum atomic E-state index is -0.890. The van der Waals surface area contributed by atoms with Crippen LogP contribution in [0.15, 0.2) is 54.6 Å². The van der Waals surface area contributed by atoms with Gasteiger partial charge < -0.3 is 9.84 Å². The van der Waals surface area contributed by atoms with Crippen molar-refractivity contribution in [3.05, 3.63) is 82.4 Å². The molecule has 0 amide bonds. The summed E-state index contributed by atoms with van der Waals surface area (Å²) in [6, 6.07) is 14.0. The summed E-state index contributed by atoms with van der Waals surface area (Å²) in [5.41, 5.74) is 7.95. The van der Waals surface area contributed by atoms with Gasteiger partial charge in [0, 0.05) is 6.61 Å². The zero-order chi connectivity index (χ0) is 23.3. The van der Waals surface area contributed by atoms with Gasteiger partial charge in [-0.2, -0.15) is 0 Å². The van der Waals surface area contributed by atoms with Gasteiger partial charge in [0.25, 0.3) is 0 Å². The van der Waals surface area contributed by atoms with Crippen molar-refractivity contribution < 1.29 is 14.6 Å². The molecule has 0 spiro atoms. The summed E-state index contributed by atoms with van der Waals surface area (Å²) in [5, 5.41) is 9.13. The van der Waals surface area contributed by atoms with Crippen LogP contribution in [0.2, 0.25) is 0 Å². The van der Waals surface area contributed by atoms with E-state index < -0.39 is 5.97 Å². The lowest BCUT2D eigenvalue weighted by atomic mass is 9.78. The Kier molecular flexibility index (Phi) is 7.73. The van der Waals surface area contributed by atoms with E-state index in [0.29, 0.717) is 18.1 Å². The normalized spacial score (nSPS) is 16.5. The Labute approximate surface area is 192 Å². The maximum Gasteiger partial charge on any atom is 0.335 e. The molecule has 0 aromatic heterocycles. The summed E-state index contributed by atoms with van der Waals surface area (Å²) < 4.78 is 5.93. The fraction of sp³-hybridized carbons (Fsp3) is 0.414.